The molecule has 3 heteroatoms. The minimum absolute atomic E-state index is 0.0241. The van der Waals surface area contributed by atoms with Crippen molar-refractivity contribution in [3.8, 4) is 0 Å². The summed E-state index contributed by atoms with van der Waals surface area (Å²) in [7, 11) is 0. The number of hydrogen-bond acceptors (Lipinski definition) is 3. The van der Waals surface area contributed by atoms with Gasteiger partial charge in [0.2, 0.25) is 0 Å². The predicted octanol–water partition coefficient (Wildman–Crippen LogP) is 1.86. The van der Waals surface area contributed by atoms with Crippen LogP contribution in [0, 0.1) is 6.92 Å². The maximum Gasteiger partial charge on any atom is 0.134 e. The van der Waals surface area contributed by atoms with Gasteiger partial charge in [-0.3, -0.25) is 0 Å². The van der Waals surface area contributed by atoms with E-state index in [0.717, 1.165) is 17.1 Å². The van der Waals surface area contributed by atoms with Crippen LogP contribution < -0.4 is 5.73 Å². The number of hydrogen-bond donors (Lipinski definition) is 1. The van der Waals surface area contributed by atoms with E-state index in [1.165, 1.54) is 12.8 Å². The van der Waals surface area contributed by atoms with Crippen molar-refractivity contribution in [2.24, 2.45) is 5.73 Å². The molecule has 14 heavy (non-hydrogen) atoms. The van der Waals surface area contributed by atoms with Crippen molar-refractivity contribution < 1.29 is 0 Å². The molecule has 3 nitrogen and oxygen atoms in total. The lowest BCUT2D eigenvalue weighted by atomic mass is 10.1. The highest BCUT2D eigenvalue weighted by Gasteiger charge is 2.42. The highest BCUT2D eigenvalue weighted by atomic mass is 14.9. The third kappa shape index (κ3) is 1.52. The van der Waals surface area contributed by atoms with Gasteiger partial charge < -0.3 is 5.73 Å². The van der Waals surface area contributed by atoms with Gasteiger partial charge in [0.15, 0.2) is 0 Å². The summed E-state index contributed by atoms with van der Waals surface area (Å²) in [5.41, 5.74) is 8.14. The van der Waals surface area contributed by atoms with Crippen LogP contribution >= 0.6 is 0 Å². The SMILES string of the molecule is Cc1nc(C2(C)CC2)ncc1C(C)N. The van der Waals surface area contributed by atoms with Crippen molar-refractivity contribution in [2.45, 2.75) is 45.1 Å². The minimum Gasteiger partial charge on any atom is -0.324 e. The van der Waals surface area contributed by atoms with Crippen LogP contribution in [-0.2, 0) is 5.41 Å². The zero-order valence-corrected chi connectivity index (χ0v) is 9.04. The summed E-state index contributed by atoms with van der Waals surface area (Å²) in [5, 5.41) is 0. The van der Waals surface area contributed by atoms with Crippen LogP contribution in [-0.4, -0.2) is 9.97 Å². The first-order chi connectivity index (χ1) is 6.53. The summed E-state index contributed by atoms with van der Waals surface area (Å²) >= 11 is 0. The molecule has 1 aliphatic carbocycles. The van der Waals surface area contributed by atoms with E-state index < -0.39 is 0 Å². The summed E-state index contributed by atoms with van der Waals surface area (Å²) in [6.45, 7) is 6.19. The lowest BCUT2D eigenvalue weighted by molar-refractivity contribution is 0.686. The Morgan fingerprint density at radius 3 is 2.57 bits per heavy atom. The Morgan fingerprint density at radius 2 is 2.14 bits per heavy atom. The van der Waals surface area contributed by atoms with Crippen molar-refractivity contribution in [1.82, 2.24) is 9.97 Å². The van der Waals surface area contributed by atoms with Gasteiger partial charge in [-0.25, -0.2) is 9.97 Å². The Kier molecular flexibility index (Phi) is 2.07. The fourth-order valence-corrected chi connectivity index (χ4v) is 1.63. The van der Waals surface area contributed by atoms with E-state index in [-0.39, 0.29) is 11.5 Å². The predicted molar refractivity (Wildman–Crippen MR) is 56.0 cm³/mol. The number of aromatic nitrogens is 2. The molecule has 1 aliphatic rings. The molecule has 0 aliphatic heterocycles. The van der Waals surface area contributed by atoms with Crippen LogP contribution in [0.4, 0.5) is 0 Å². The molecule has 1 atom stereocenters. The molecule has 76 valence electrons. The third-order valence-corrected chi connectivity index (χ3v) is 3.05. The van der Waals surface area contributed by atoms with Crippen molar-refractivity contribution in [1.29, 1.82) is 0 Å². The molecular weight excluding hydrogens is 174 g/mol. The molecule has 0 aromatic carbocycles. The summed E-state index contributed by atoms with van der Waals surface area (Å²) in [5.74, 6) is 0.986. The monoisotopic (exact) mass is 191 g/mol. The molecule has 0 bridgehead atoms. The molecule has 2 N–H and O–H groups in total. The largest absolute Gasteiger partial charge is 0.324 e. The van der Waals surface area contributed by atoms with Crippen LogP contribution in [0.5, 0.6) is 0 Å². The van der Waals surface area contributed by atoms with Crippen molar-refractivity contribution in [3.63, 3.8) is 0 Å². The van der Waals surface area contributed by atoms with Crippen LogP contribution in [0.3, 0.4) is 0 Å². The number of nitrogens with two attached hydrogens (primary N) is 1. The highest BCUT2D eigenvalue weighted by molar-refractivity contribution is 5.24. The Balaban J connectivity index is 2.36. The first-order valence-electron chi connectivity index (χ1n) is 5.12. The minimum atomic E-state index is 0.0241. The molecule has 1 heterocycles. The Hall–Kier alpha value is -0.960. The zero-order chi connectivity index (χ0) is 10.3. The maximum atomic E-state index is 5.81. The molecule has 0 saturated heterocycles. The van der Waals surface area contributed by atoms with E-state index in [2.05, 4.69) is 16.9 Å². The second-order valence-corrected chi connectivity index (χ2v) is 4.58. The summed E-state index contributed by atoms with van der Waals surface area (Å²) in [6, 6.07) is 0.0241. The Morgan fingerprint density at radius 1 is 1.50 bits per heavy atom. The molecule has 1 aromatic rings. The maximum absolute atomic E-state index is 5.81. The fourth-order valence-electron chi connectivity index (χ4n) is 1.63. The van der Waals surface area contributed by atoms with Gasteiger partial charge in [0.1, 0.15) is 5.82 Å². The third-order valence-electron chi connectivity index (χ3n) is 3.05. The van der Waals surface area contributed by atoms with Crippen molar-refractivity contribution in [2.75, 3.05) is 0 Å². The van der Waals surface area contributed by atoms with Gasteiger partial charge in [-0.1, -0.05) is 6.92 Å². The molecular formula is C11H17N3. The van der Waals surface area contributed by atoms with Gasteiger partial charge in [-0.05, 0) is 26.7 Å². The molecule has 2 rings (SSSR count). The quantitative estimate of drug-likeness (QED) is 0.776. The van der Waals surface area contributed by atoms with Gasteiger partial charge in [0.05, 0.1) is 0 Å². The van der Waals surface area contributed by atoms with Gasteiger partial charge in [0.25, 0.3) is 0 Å². The molecule has 1 aromatic heterocycles. The topological polar surface area (TPSA) is 51.8 Å². The van der Waals surface area contributed by atoms with E-state index in [9.17, 15) is 0 Å². The lowest BCUT2D eigenvalue weighted by Gasteiger charge is -2.12. The standard InChI is InChI=1S/C11H17N3/c1-7(12)9-6-13-10(14-8(9)2)11(3)4-5-11/h6-7H,4-5,12H2,1-3H3. The van der Waals surface area contributed by atoms with E-state index in [1.54, 1.807) is 0 Å². The van der Waals surface area contributed by atoms with E-state index in [0.29, 0.717) is 0 Å². The van der Waals surface area contributed by atoms with Gasteiger partial charge in [-0.15, -0.1) is 0 Å². The zero-order valence-electron chi connectivity index (χ0n) is 9.04. The molecule has 0 radical (unpaired) electrons. The van der Waals surface area contributed by atoms with Crippen molar-refractivity contribution >= 4 is 0 Å². The van der Waals surface area contributed by atoms with Gasteiger partial charge in [0, 0.05) is 28.9 Å². The second kappa shape index (κ2) is 3.02. The van der Waals surface area contributed by atoms with E-state index >= 15 is 0 Å². The normalized spacial score (nSPS) is 20.6. The lowest BCUT2D eigenvalue weighted by Crippen LogP contribution is -2.13. The molecule has 1 saturated carbocycles. The highest BCUT2D eigenvalue weighted by Crippen LogP contribution is 2.45. The molecule has 1 unspecified atom stereocenters. The molecule has 1 fully saturated rings. The van der Waals surface area contributed by atoms with Crippen LogP contribution in [0.1, 0.15) is 49.8 Å². The van der Waals surface area contributed by atoms with Gasteiger partial charge in [-0.2, -0.15) is 0 Å². The molecule has 0 amide bonds. The number of nitrogens with zero attached hydrogens (tertiary/aromatic N) is 2. The summed E-state index contributed by atoms with van der Waals surface area (Å²) < 4.78 is 0. The Bertz CT molecular complexity index is 354. The smallest absolute Gasteiger partial charge is 0.134 e. The summed E-state index contributed by atoms with van der Waals surface area (Å²) in [6.07, 6.45) is 4.31. The molecule has 0 spiro atoms. The number of aryl methyl sites for hydroxylation is 1. The number of rotatable bonds is 2. The second-order valence-electron chi connectivity index (χ2n) is 4.58. The first kappa shape index (κ1) is 9.59. The van der Waals surface area contributed by atoms with Crippen LogP contribution in [0.2, 0.25) is 0 Å². The van der Waals surface area contributed by atoms with Crippen LogP contribution in [0.15, 0.2) is 6.20 Å². The van der Waals surface area contributed by atoms with E-state index in [4.69, 9.17) is 5.73 Å². The van der Waals surface area contributed by atoms with E-state index in [1.807, 2.05) is 20.0 Å². The Labute approximate surface area is 84.8 Å². The summed E-state index contributed by atoms with van der Waals surface area (Å²) in [4.78, 5) is 8.94. The fraction of sp³-hybridized carbons (Fsp3) is 0.636. The van der Waals surface area contributed by atoms with Gasteiger partial charge >= 0.3 is 0 Å². The van der Waals surface area contributed by atoms with Crippen molar-refractivity contribution in [3.05, 3.63) is 23.3 Å². The average Bonchev–Trinajstić information content (AvgIpc) is 2.84. The first-order valence-corrected chi connectivity index (χ1v) is 5.12. The average molecular weight is 191 g/mol. The van der Waals surface area contributed by atoms with Crippen LogP contribution in [0.25, 0.3) is 0 Å².